The zero-order valence-corrected chi connectivity index (χ0v) is 7.48. The summed E-state index contributed by atoms with van der Waals surface area (Å²) < 4.78 is 0. The molecule has 1 aromatic heterocycles. The number of carbonyl (C=O) groups is 1. The van der Waals surface area contributed by atoms with Crippen LogP contribution < -0.4 is 0 Å². The summed E-state index contributed by atoms with van der Waals surface area (Å²) in [5.74, 6) is -1.08. The van der Waals surface area contributed by atoms with Crippen LogP contribution in [-0.2, 0) is 0 Å². The molecule has 1 amide bonds. The van der Waals surface area contributed by atoms with Gasteiger partial charge in [-0.2, -0.15) is 0 Å². The second kappa shape index (κ2) is 3.09. The molecular formula is C9H7N3O3. The van der Waals surface area contributed by atoms with Crippen LogP contribution in [0.5, 0.6) is 11.8 Å². The average molecular weight is 205 g/mol. The molecule has 0 bridgehead atoms. The van der Waals surface area contributed by atoms with Gasteiger partial charge in [-0.25, -0.2) is 5.53 Å². The highest BCUT2D eigenvalue weighted by Gasteiger charge is 2.11. The third-order valence-electron chi connectivity index (χ3n) is 2.12. The van der Waals surface area contributed by atoms with Gasteiger partial charge in [0, 0.05) is 16.3 Å². The number of fused-ring (bicyclic) bond motifs is 1. The number of aromatic nitrogens is 1. The lowest BCUT2D eigenvalue weighted by Gasteiger charge is -1.94. The predicted octanol–water partition coefficient (Wildman–Crippen LogP) is 1.75. The maximum atomic E-state index is 11.1. The summed E-state index contributed by atoms with van der Waals surface area (Å²) in [7, 11) is 0. The number of aromatic amines is 1. The molecule has 76 valence electrons. The molecule has 1 heterocycles. The Labute approximate surface area is 83.7 Å². The van der Waals surface area contributed by atoms with Gasteiger partial charge in [0.05, 0.1) is 0 Å². The van der Waals surface area contributed by atoms with Crippen LogP contribution in [-0.4, -0.2) is 21.1 Å². The van der Waals surface area contributed by atoms with Crippen molar-refractivity contribution in [1.29, 1.82) is 5.53 Å². The molecule has 0 aliphatic rings. The van der Waals surface area contributed by atoms with Crippen LogP contribution in [0.3, 0.4) is 0 Å². The first-order valence-corrected chi connectivity index (χ1v) is 4.09. The molecule has 0 spiro atoms. The lowest BCUT2D eigenvalue weighted by molar-refractivity contribution is 0.0991. The number of H-pyrrole nitrogens is 1. The summed E-state index contributed by atoms with van der Waals surface area (Å²) in [6, 6.07) is 4.26. The van der Waals surface area contributed by atoms with Crippen LogP contribution in [0.1, 0.15) is 10.4 Å². The SMILES string of the molecule is N=NC(=O)c1ccc2c(O)[nH]c(O)c2c1. The molecule has 1 aromatic carbocycles. The summed E-state index contributed by atoms with van der Waals surface area (Å²) >= 11 is 0. The molecule has 15 heavy (non-hydrogen) atoms. The van der Waals surface area contributed by atoms with Gasteiger partial charge in [0.25, 0.3) is 5.91 Å². The molecule has 0 saturated heterocycles. The lowest BCUT2D eigenvalue weighted by Crippen LogP contribution is -1.91. The lowest BCUT2D eigenvalue weighted by atomic mass is 10.1. The van der Waals surface area contributed by atoms with Gasteiger partial charge in [0.15, 0.2) is 11.8 Å². The zero-order valence-electron chi connectivity index (χ0n) is 7.48. The molecule has 0 aliphatic heterocycles. The van der Waals surface area contributed by atoms with Gasteiger partial charge in [0.2, 0.25) is 0 Å². The van der Waals surface area contributed by atoms with Gasteiger partial charge in [-0.3, -0.25) is 9.78 Å². The van der Waals surface area contributed by atoms with Crippen molar-refractivity contribution in [3.05, 3.63) is 23.8 Å². The summed E-state index contributed by atoms with van der Waals surface area (Å²) in [5.41, 5.74) is 6.76. The van der Waals surface area contributed by atoms with E-state index in [1.807, 2.05) is 0 Å². The second-order valence-electron chi connectivity index (χ2n) is 3.00. The van der Waals surface area contributed by atoms with Gasteiger partial charge < -0.3 is 10.2 Å². The Bertz CT molecular complexity index is 559. The third kappa shape index (κ3) is 1.32. The van der Waals surface area contributed by atoms with E-state index >= 15 is 0 Å². The third-order valence-corrected chi connectivity index (χ3v) is 2.12. The van der Waals surface area contributed by atoms with Crippen molar-refractivity contribution in [2.75, 3.05) is 0 Å². The van der Waals surface area contributed by atoms with Crippen molar-refractivity contribution in [1.82, 2.24) is 4.98 Å². The van der Waals surface area contributed by atoms with Crippen LogP contribution in [0.2, 0.25) is 0 Å². The zero-order chi connectivity index (χ0) is 11.0. The maximum absolute atomic E-state index is 11.1. The number of hydrogen-bond acceptors (Lipinski definition) is 4. The molecule has 0 unspecified atom stereocenters. The van der Waals surface area contributed by atoms with Crippen molar-refractivity contribution >= 4 is 16.7 Å². The Morgan fingerprint density at radius 2 is 1.93 bits per heavy atom. The standard InChI is InChI=1S/C9H7N3O3/c10-12-7(13)4-1-2-5-6(3-4)9(15)11-8(5)14/h1-3,10-11,14-15H. The quantitative estimate of drug-likeness (QED) is 0.532. The minimum atomic E-state index is -0.697. The molecule has 0 fully saturated rings. The fourth-order valence-electron chi connectivity index (χ4n) is 1.39. The van der Waals surface area contributed by atoms with Crippen molar-refractivity contribution in [3.63, 3.8) is 0 Å². The van der Waals surface area contributed by atoms with Crippen LogP contribution in [0, 0.1) is 5.53 Å². The topological polar surface area (TPSA) is 110 Å². The molecule has 2 rings (SSSR count). The number of benzene rings is 1. The highest BCUT2D eigenvalue weighted by atomic mass is 16.3. The number of nitrogens with one attached hydrogen (secondary N) is 2. The first kappa shape index (κ1) is 9.20. The maximum Gasteiger partial charge on any atom is 0.294 e. The fourth-order valence-corrected chi connectivity index (χ4v) is 1.39. The minimum Gasteiger partial charge on any atom is -0.494 e. The molecule has 0 radical (unpaired) electrons. The van der Waals surface area contributed by atoms with E-state index in [1.54, 1.807) is 0 Å². The molecule has 0 aliphatic carbocycles. The van der Waals surface area contributed by atoms with Crippen LogP contribution in [0.25, 0.3) is 10.8 Å². The van der Waals surface area contributed by atoms with Gasteiger partial charge in [-0.05, 0) is 18.2 Å². The summed E-state index contributed by atoms with van der Waals surface area (Å²) in [6.45, 7) is 0. The number of amides is 1. The van der Waals surface area contributed by atoms with E-state index in [0.717, 1.165) is 0 Å². The van der Waals surface area contributed by atoms with E-state index in [9.17, 15) is 15.0 Å². The van der Waals surface area contributed by atoms with E-state index in [1.165, 1.54) is 18.2 Å². The largest absolute Gasteiger partial charge is 0.494 e. The molecular weight excluding hydrogens is 198 g/mol. The van der Waals surface area contributed by atoms with Gasteiger partial charge in [-0.1, -0.05) is 0 Å². The van der Waals surface area contributed by atoms with E-state index in [0.29, 0.717) is 10.8 Å². The Morgan fingerprint density at radius 3 is 2.60 bits per heavy atom. The highest BCUT2D eigenvalue weighted by Crippen LogP contribution is 2.32. The first-order chi connectivity index (χ1) is 7.13. The molecule has 0 saturated carbocycles. The molecule has 2 aromatic rings. The van der Waals surface area contributed by atoms with Crippen LogP contribution >= 0.6 is 0 Å². The van der Waals surface area contributed by atoms with Crippen LogP contribution in [0.4, 0.5) is 0 Å². The fraction of sp³-hybridized carbons (Fsp3) is 0. The van der Waals surface area contributed by atoms with E-state index < -0.39 is 5.91 Å². The number of rotatable bonds is 1. The molecule has 6 nitrogen and oxygen atoms in total. The molecule has 6 heteroatoms. The Morgan fingerprint density at radius 1 is 1.27 bits per heavy atom. The van der Waals surface area contributed by atoms with E-state index in [-0.39, 0.29) is 17.3 Å². The number of nitrogens with zero attached hydrogens (tertiary/aromatic N) is 1. The first-order valence-electron chi connectivity index (χ1n) is 4.09. The number of hydrogen-bond donors (Lipinski definition) is 4. The Balaban J connectivity index is 2.70. The van der Waals surface area contributed by atoms with E-state index in [4.69, 9.17) is 5.53 Å². The van der Waals surface area contributed by atoms with E-state index in [2.05, 4.69) is 10.1 Å². The average Bonchev–Trinajstić information content (AvgIpc) is 2.53. The molecule has 4 N–H and O–H groups in total. The van der Waals surface area contributed by atoms with Crippen molar-refractivity contribution in [2.24, 2.45) is 5.11 Å². The van der Waals surface area contributed by atoms with Crippen molar-refractivity contribution < 1.29 is 15.0 Å². The highest BCUT2D eigenvalue weighted by molar-refractivity contribution is 6.01. The Hall–Kier alpha value is -2.37. The minimum absolute atomic E-state index is 0.163. The predicted molar refractivity (Wildman–Crippen MR) is 51.1 cm³/mol. The summed E-state index contributed by atoms with van der Waals surface area (Å²) in [6.07, 6.45) is 0. The van der Waals surface area contributed by atoms with Gasteiger partial charge in [-0.15, -0.1) is 5.11 Å². The van der Waals surface area contributed by atoms with Crippen molar-refractivity contribution in [2.45, 2.75) is 0 Å². The van der Waals surface area contributed by atoms with Gasteiger partial charge >= 0.3 is 0 Å². The monoisotopic (exact) mass is 205 g/mol. The van der Waals surface area contributed by atoms with Crippen LogP contribution in [0.15, 0.2) is 23.3 Å². The smallest absolute Gasteiger partial charge is 0.294 e. The van der Waals surface area contributed by atoms with Gasteiger partial charge in [0.1, 0.15) is 0 Å². The second-order valence-corrected chi connectivity index (χ2v) is 3.00. The molecule has 0 atom stereocenters. The number of aromatic hydroxyl groups is 2. The normalized spacial score (nSPS) is 10.4. The summed E-state index contributed by atoms with van der Waals surface area (Å²) in [4.78, 5) is 13.4. The summed E-state index contributed by atoms with van der Waals surface area (Å²) in [5, 5.41) is 22.2. The Kier molecular flexibility index (Phi) is 1.89. The number of carbonyl (C=O) groups excluding carboxylic acids is 1. The van der Waals surface area contributed by atoms with Crippen molar-refractivity contribution in [3.8, 4) is 11.8 Å².